The molecule has 2 aromatic carbocycles. The van der Waals surface area contributed by atoms with Crippen molar-refractivity contribution in [3.63, 3.8) is 0 Å². The highest BCUT2D eigenvalue weighted by molar-refractivity contribution is 9.10. The molecule has 3 N–H and O–H groups in total. The molecule has 0 saturated carbocycles. The number of aliphatic hydroxyl groups excluding tert-OH is 1. The minimum atomic E-state index is -2.98. The number of carbonyl (C=O) groups is 2. The third-order valence-electron chi connectivity index (χ3n) is 6.36. The third-order valence-corrected chi connectivity index (χ3v) is 7.18. The molecule has 10 nitrogen and oxygen atoms in total. The van der Waals surface area contributed by atoms with Crippen LogP contribution in [-0.2, 0) is 10.3 Å². The molecule has 2 atom stereocenters. The summed E-state index contributed by atoms with van der Waals surface area (Å²) in [6, 6.07) is 6.94. The average Bonchev–Trinajstić information content (AvgIpc) is 3.44. The number of aromatic nitrogens is 3. The maximum absolute atomic E-state index is 15.4. The van der Waals surface area contributed by atoms with Gasteiger partial charge in [-0.3, -0.25) is 9.69 Å². The van der Waals surface area contributed by atoms with E-state index in [1.54, 1.807) is 6.07 Å². The second kappa shape index (κ2) is 11.4. The maximum atomic E-state index is 15.4. The molecular formula is C26H25BrClF3N6O4. The Morgan fingerprint density at radius 1 is 1.24 bits per heavy atom. The molecule has 0 bridgehead atoms. The van der Waals surface area contributed by atoms with Gasteiger partial charge in [0.05, 0.1) is 23.4 Å². The molecule has 1 aliphatic rings. The van der Waals surface area contributed by atoms with Gasteiger partial charge >= 0.3 is 6.09 Å². The van der Waals surface area contributed by atoms with Gasteiger partial charge in [-0.2, -0.15) is 5.10 Å². The van der Waals surface area contributed by atoms with E-state index in [9.17, 15) is 28.6 Å². The second-order valence-electron chi connectivity index (χ2n) is 10.5. The lowest BCUT2D eigenvalue weighted by atomic mass is 9.75. The summed E-state index contributed by atoms with van der Waals surface area (Å²) in [4.78, 5) is 34.2. The maximum Gasteiger partial charge on any atom is 0.434 e. The summed E-state index contributed by atoms with van der Waals surface area (Å²) in [5, 5.41) is 26.7. The van der Waals surface area contributed by atoms with Crippen LogP contribution in [0, 0.1) is 11.2 Å². The number of nitrogens with one attached hydrogen (secondary N) is 1. The zero-order valence-corrected chi connectivity index (χ0v) is 24.3. The molecule has 0 radical (unpaired) electrons. The molecule has 41 heavy (non-hydrogen) atoms. The quantitative estimate of drug-likeness (QED) is 0.302. The van der Waals surface area contributed by atoms with E-state index in [4.69, 9.17) is 11.6 Å². The Balaban J connectivity index is 1.91. The number of rotatable bonds is 7. The first-order valence-electron chi connectivity index (χ1n) is 12.2. The molecule has 0 spiro atoms. The van der Waals surface area contributed by atoms with E-state index in [2.05, 4.69) is 36.3 Å². The van der Waals surface area contributed by atoms with E-state index in [0.29, 0.717) is 4.47 Å². The molecule has 1 saturated heterocycles. The number of benzene rings is 2. The highest BCUT2D eigenvalue weighted by Gasteiger charge is 2.56. The van der Waals surface area contributed by atoms with Crippen molar-refractivity contribution >= 4 is 45.5 Å². The predicted octanol–water partition coefficient (Wildman–Crippen LogP) is 5.59. The van der Waals surface area contributed by atoms with Crippen molar-refractivity contribution in [3.8, 4) is 5.69 Å². The Bertz CT molecular complexity index is 1530. The van der Waals surface area contributed by atoms with Crippen LogP contribution in [0.1, 0.15) is 56.6 Å². The van der Waals surface area contributed by atoms with Gasteiger partial charge in [0.25, 0.3) is 12.3 Å². The number of hydrogen-bond donors (Lipinski definition) is 3. The fourth-order valence-corrected chi connectivity index (χ4v) is 5.45. The van der Waals surface area contributed by atoms with Crippen LogP contribution in [-0.4, -0.2) is 54.4 Å². The first-order valence-corrected chi connectivity index (χ1v) is 13.3. The van der Waals surface area contributed by atoms with Gasteiger partial charge in [-0.25, -0.2) is 27.6 Å². The van der Waals surface area contributed by atoms with Gasteiger partial charge in [0.1, 0.15) is 17.7 Å². The summed E-state index contributed by atoms with van der Waals surface area (Å²) in [6.45, 7) is 4.72. The first-order chi connectivity index (χ1) is 19.2. The zero-order valence-electron chi connectivity index (χ0n) is 21.9. The SMILES string of the molecule is CC(C)(C)C[C@]1(c2ccc(Br)cc2F)NC(=NC(=O)O)N(C(CO)c2ccc(Cl)c(-n3ncnc3C(F)F)c2)C1=O. The number of hydrogen-bond acceptors (Lipinski definition) is 5. The summed E-state index contributed by atoms with van der Waals surface area (Å²) in [5.74, 6) is -2.65. The number of nitrogens with zero attached hydrogens (tertiary/aromatic N) is 5. The van der Waals surface area contributed by atoms with Crippen LogP contribution in [0.3, 0.4) is 0 Å². The lowest BCUT2D eigenvalue weighted by Crippen LogP contribution is -2.47. The molecule has 0 aliphatic carbocycles. The number of guanidine groups is 1. The van der Waals surface area contributed by atoms with Gasteiger partial charge in [0, 0.05) is 10.0 Å². The van der Waals surface area contributed by atoms with Crippen molar-refractivity contribution in [2.24, 2.45) is 10.4 Å². The topological polar surface area (TPSA) is 133 Å². The molecule has 1 aromatic heterocycles. The van der Waals surface area contributed by atoms with Crippen molar-refractivity contribution in [3.05, 3.63) is 75.0 Å². The predicted molar refractivity (Wildman–Crippen MR) is 146 cm³/mol. The van der Waals surface area contributed by atoms with Gasteiger partial charge < -0.3 is 15.5 Å². The molecule has 1 unspecified atom stereocenters. The third kappa shape index (κ3) is 5.95. The van der Waals surface area contributed by atoms with E-state index in [1.807, 2.05) is 20.8 Å². The summed E-state index contributed by atoms with van der Waals surface area (Å²) < 4.78 is 43.8. The van der Waals surface area contributed by atoms with E-state index < -0.39 is 59.6 Å². The molecule has 15 heteroatoms. The molecule has 1 fully saturated rings. The molecule has 218 valence electrons. The fourth-order valence-electron chi connectivity index (χ4n) is 4.92. The standard InChI is InChI=1S/C26H25BrClF3N6O4/c1-25(2,3)11-26(15-6-5-14(27)9-17(15)29)22(39)36(23(35-26)34-24(40)41)19(10-38)13-4-7-16(28)18(8-13)37-21(20(30)31)32-12-33-37/h4-9,12,19-20,38H,10-11H2,1-3H3,(H,34,35)(H,40,41)/t19?,26-/m1/s1. The molecule has 1 aliphatic heterocycles. The van der Waals surface area contributed by atoms with Gasteiger partial charge in [0.15, 0.2) is 5.82 Å². The zero-order chi connectivity index (χ0) is 30.3. The first kappa shape index (κ1) is 30.5. The Kier molecular flexibility index (Phi) is 8.48. The van der Waals surface area contributed by atoms with E-state index in [0.717, 1.165) is 15.9 Å². The van der Waals surface area contributed by atoms with E-state index in [-0.39, 0.29) is 28.3 Å². The smallest absolute Gasteiger partial charge is 0.434 e. The number of aliphatic imine (C=N–C) groups is 1. The van der Waals surface area contributed by atoms with Crippen molar-refractivity contribution in [2.75, 3.05) is 6.61 Å². The number of halogens is 5. The Morgan fingerprint density at radius 2 is 1.95 bits per heavy atom. The average molecular weight is 658 g/mol. The van der Waals surface area contributed by atoms with Gasteiger partial charge in [-0.15, -0.1) is 4.99 Å². The summed E-state index contributed by atoms with van der Waals surface area (Å²) in [7, 11) is 0. The van der Waals surface area contributed by atoms with Gasteiger partial charge in [-0.1, -0.05) is 60.4 Å². The normalized spacial score (nSPS) is 19.2. The van der Waals surface area contributed by atoms with Crippen LogP contribution in [0.15, 0.2) is 52.2 Å². The number of carbonyl (C=O) groups excluding carboxylic acids is 1. The van der Waals surface area contributed by atoms with Crippen molar-refractivity contribution in [1.29, 1.82) is 0 Å². The number of amides is 2. The fraction of sp³-hybridized carbons (Fsp3) is 0.346. The number of carboxylic acid groups (broad SMARTS) is 1. The van der Waals surface area contributed by atoms with Crippen molar-refractivity contribution < 1.29 is 33.0 Å². The van der Waals surface area contributed by atoms with Crippen LogP contribution >= 0.6 is 27.5 Å². The molecule has 4 rings (SSSR count). The van der Waals surface area contributed by atoms with Crippen LogP contribution in [0.2, 0.25) is 5.02 Å². The number of aliphatic hydroxyl groups is 1. The lowest BCUT2D eigenvalue weighted by Gasteiger charge is -2.35. The van der Waals surface area contributed by atoms with E-state index >= 15 is 4.39 Å². The Hall–Kier alpha value is -3.49. The molecular weight excluding hydrogens is 633 g/mol. The number of alkyl halides is 2. The highest BCUT2D eigenvalue weighted by Crippen LogP contribution is 2.43. The monoisotopic (exact) mass is 656 g/mol. The van der Waals surface area contributed by atoms with Crippen molar-refractivity contribution in [2.45, 2.75) is 45.2 Å². The largest absolute Gasteiger partial charge is 0.463 e. The molecule has 2 amide bonds. The Labute approximate surface area is 246 Å². The summed E-state index contributed by atoms with van der Waals surface area (Å²) in [6.07, 6.45) is -3.70. The summed E-state index contributed by atoms with van der Waals surface area (Å²) >= 11 is 9.49. The van der Waals surface area contributed by atoms with Crippen LogP contribution in [0.5, 0.6) is 0 Å². The van der Waals surface area contributed by atoms with Crippen LogP contribution in [0.4, 0.5) is 18.0 Å². The lowest BCUT2D eigenvalue weighted by molar-refractivity contribution is -0.135. The van der Waals surface area contributed by atoms with Crippen molar-refractivity contribution in [1.82, 2.24) is 25.0 Å². The van der Waals surface area contributed by atoms with Crippen LogP contribution in [0.25, 0.3) is 5.69 Å². The Morgan fingerprint density at radius 3 is 2.54 bits per heavy atom. The minimum Gasteiger partial charge on any atom is -0.463 e. The van der Waals surface area contributed by atoms with Crippen LogP contribution < -0.4 is 5.32 Å². The minimum absolute atomic E-state index is 0.00719. The second-order valence-corrected chi connectivity index (χ2v) is 11.8. The molecule has 2 heterocycles. The van der Waals surface area contributed by atoms with Gasteiger partial charge in [-0.05, 0) is 41.7 Å². The van der Waals surface area contributed by atoms with Gasteiger partial charge in [0.2, 0.25) is 5.96 Å². The molecule has 3 aromatic rings. The highest BCUT2D eigenvalue weighted by atomic mass is 79.9. The summed E-state index contributed by atoms with van der Waals surface area (Å²) in [5.41, 5.74) is -2.30. The van der Waals surface area contributed by atoms with E-state index in [1.165, 1.54) is 30.3 Å².